The van der Waals surface area contributed by atoms with E-state index in [1.54, 1.807) is 0 Å². The fourth-order valence-electron chi connectivity index (χ4n) is 4.53. The van der Waals surface area contributed by atoms with E-state index in [1.165, 1.54) is 54.6 Å². The van der Waals surface area contributed by atoms with Gasteiger partial charge in [-0.15, -0.1) is 0 Å². The Balaban J connectivity index is 1.93. The Morgan fingerprint density at radius 1 is 0.462 bits per heavy atom. The quantitative estimate of drug-likeness (QED) is 0.350. The van der Waals surface area contributed by atoms with Crippen LogP contribution < -0.4 is 5.22 Å². The third-order valence-electron chi connectivity index (χ3n) is 5.57. The van der Waals surface area contributed by atoms with Crippen molar-refractivity contribution in [3.05, 3.63) is 113 Å². The number of rotatable bonds is 1. The summed E-state index contributed by atoms with van der Waals surface area (Å²) in [6.07, 6.45) is 0. The maximum atomic E-state index is 2.37. The summed E-state index contributed by atoms with van der Waals surface area (Å²) in [6, 6.07) is 35.3. The van der Waals surface area contributed by atoms with E-state index in [1.807, 2.05) is 0 Å². The molecule has 26 heavy (non-hydrogen) atoms. The van der Waals surface area contributed by atoms with Crippen LogP contribution in [-0.4, -0.2) is 0 Å². The molecule has 120 valence electrons. The van der Waals surface area contributed by atoms with Gasteiger partial charge >= 0.3 is 0 Å². The lowest BCUT2D eigenvalue weighted by Gasteiger charge is -2.09. The van der Waals surface area contributed by atoms with E-state index in [-0.39, 0.29) is 0 Å². The predicted molar refractivity (Wildman–Crippen MR) is 110 cm³/mol. The van der Waals surface area contributed by atoms with Gasteiger partial charge in [0.1, 0.15) is 0 Å². The van der Waals surface area contributed by atoms with E-state index in [9.17, 15) is 0 Å². The highest BCUT2D eigenvalue weighted by atomic mass is 14.3. The van der Waals surface area contributed by atoms with Crippen LogP contribution in [0.4, 0.5) is 0 Å². The lowest BCUT2D eigenvalue weighted by molar-refractivity contribution is 1.57. The summed E-state index contributed by atoms with van der Waals surface area (Å²) in [7, 11) is 0. The monoisotopic (exact) mass is 328 g/mol. The average Bonchev–Trinajstić information content (AvgIpc) is 3.04. The van der Waals surface area contributed by atoms with Gasteiger partial charge in [-0.2, -0.15) is 0 Å². The smallest absolute Gasteiger partial charge is 0.00137 e. The first-order valence-corrected chi connectivity index (χ1v) is 9.05. The molecule has 0 bridgehead atoms. The van der Waals surface area contributed by atoms with Crippen molar-refractivity contribution in [1.82, 2.24) is 0 Å². The summed E-state index contributed by atoms with van der Waals surface area (Å²) >= 11 is 0. The van der Waals surface area contributed by atoms with Crippen molar-refractivity contribution in [3.63, 3.8) is 0 Å². The highest BCUT2D eigenvalue weighted by Crippen LogP contribution is 2.39. The van der Waals surface area contributed by atoms with Gasteiger partial charge in [0.25, 0.3) is 0 Å². The highest BCUT2D eigenvalue weighted by Gasteiger charge is 2.23. The van der Waals surface area contributed by atoms with Crippen LogP contribution >= 0.6 is 0 Å². The van der Waals surface area contributed by atoms with Gasteiger partial charge in [0.2, 0.25) is 0 Å². The summed E-state index contributed by atoms with van der Waals surface area (Å²) in [5, 5.41) is 6.73. The van der Waals surface area contributed by atoms with Crippen LogP contribution in [0.25, 0.3) is 38.2 Å². The molecule has 0 unspecified atom stereocenters. The van der Waals surface area contributed by atoms with Crippen LogP contribution in [0.3, 0.4) is 0 Å². The fourth-order valence-corrected chi connectivity index (χ4v) is 4.53. The van der Waals surface area contributed by atoms with Gasteiger partial charge in [-0.3, -0.25) is 0 Å². The van der Waals surface area contributed by atoms with Crippen molar-refractivity contribution in [2.75, 3.05) is 0 Å². The van der Waals surface area contributed by atoms with Gasteiger partial charge in [-0.1, -0.05) is 91.0 Å². The second-order valence-electron chi connectivity index (χ2n) is 6.97. The molecule has 5 aromatic rings. The summed E-state index contributed by atoms with van der Waals surface area (Å²) < 4.78 is 0. The Kier molecular flexibility index (Phi) is 2.70. The van der Waals surface area contributed by atoms with Gasteiger partial charge < -0.3 is 0 Å². The van der Waals surface area contributed by atoms with E-state index in [0.717, 1.165) is 0 Å². The van der Waals surface area contributed by atoms with Crippen LogP contribution in [-0.2, 0) is 0 Å². The van der Waals surface area contributed by atoms with E-state index in [4.69, 9.17) is 0 Å². The molecule has 0 amide bonds. The zero-order valence-electron chi connectivity index (χ0n) is 14.2. The van der Waals surface area contributed by atoms with Gasteiger partial charge in [0.15, 0.2) is 0 Å². The molecule has 0 nitrogen and oxygen atoms in total. The van der Waals surface area contributed by atoms with Crippen molar-refractivity contribution in [3.8, 4) is 11.1 Å². The summed E-state index contributed by atoms with van der Waals surface area (Å²) in [5.74, 6) is 0. The zero-order chi connectivity index (χ0) is 17.1. The van der Waals surface area contributed by atoms with Crippen molar-refractivity contribution >= 4 is 27.1 Å². The Bertz CT molecular complexity index is 1350. The lowest BCUT2D eigenvalue weighted by atomic mass is 9.94. The first-order chi connectivity index (χ1) is 12.9. The molecular formula is C26H16. The molecule has 1 aliphatic carbocycles. The van der Waals surface area contributed by atoms with Crippen molar-refractivity contribution in [2.45, 2.75) is 0 Å². The maximum Gasteiger partial charge on any atom is -0.00137 e. The molecule has 5 aromatic carbocycles. The molecule has 0 heteroatoms. The molecule has 0 saturated carbocycles. The number of hydrogen-bond donors (Lipinski definition) is 0. The molecule has 0 spiro atoms. The van der Waals surface area contributed by atoms with Crippen molar-refractivity contribution in [1.29, 1.82) is 0 Å². The maximum absolute atomic E-state index is 2.37. The molecule has 0 N–H and O–H groups in total. The minimum Gasteiger partial charge on any atom is -0.0622 e. The van der Waals surface area contributed by atoms with Gasteiger partial charge in [0.05, 0.1) is 0 Å². The first-order valence-electron chi connectivity index (χ1n) is 9.05. The molecule has 0 aliphatic heterocycles. The molecule has 6 rings (SSSR count). The molecule has 0 atom stereocenters. The standard InChI is InChI=1S/C26H16/c1-2-8-18(9-3-1)25-21-14-5-4-13-20(21)23-16-19-12-6-10-17-11-7-15-22(24(17)19)26(23)25/h1-16H. The normalized spacial score (nSPS) is 12.5. The van der Waals surface area contributed by atoms with Crippen LogP contribution in [0.2, 0.25) is 0 Å². The molecule has 1 aliphatic rings. The summed E-state index contributed by atoms with van der Waals surface area (Å²) in [6.45, 7) is 0. The number of hydrogen-bond acceptors (Lipinski definition) is 0. The Morgan fingerprint density at radius 3 is 2.00 bits per heavy atom. The van der Waals surface area contributed by atoms with Crippen LogP contribution in [0.1, 0.15) is 11.1 Å². The molecule has 0 saturated heterocycles. The average molecular weight is 328 g/mol. The van der Waals surface area contributed by atoms with Crippen LogP contribution in [0.15, 0.2) is 97.1 Å². The molecule has 0 radical (unpaired) electrons. The van der Waals surface area contributed by atoms with E-state index in [0.29, 0.717) is 0 Å². The van der Waals surface area contributed by atoms with E-state index in [2.05, 4.69) is 97.1 Å². The Hall–Kier alpha value is -3.38. The Labute approximate surface area is 152 Å². The number of benzene rings is 5. The summed E-state index contributed by atoms with van der Waals surface area (Å²) in [5.41, 5.74) is 6.67. The van der Waals surface area contributed by atoms with Gasteiger partial charge in [-0.25, -0.2) is 0 Å². The Morgan fingerprint density at radius 2 is 1.15 bits per heavy atom. The third-order valence-corrected chi connectivity index (χ3v) is 5.57. The zero-order valence-corrected chi connectivity index (χ0v) is 14.2. The SMILES string of the molecule is c1ccc(C2=c3c(cc4cccc5cccc3c54)-c3ccccc32)cc1. The second-order valence-corrected chi connectivity index (χ2v) is 6.97. The largest absolute Gasteiger partial charge is 0.0622 e. The molecule has 0 fully saturated rings. The lowest BCUT2D eigenvalue weighted by Crippen LogP contribution is -2.08. The molecule has 0 aromatic heterocycles. The van der Waals surface area contributed by atoms with Crippen molar-refractivity contribution in [2.24, 2.45) is 0 Å². The molecular weight excluding hydrogens is 312 g/mol. The third kappa shape index (κ3) is 1.74. The summed E-state index contributed by atoms with van der Waals surface area (Å²) in [4.78, 5) is 0. The van der Waals surface area contributed by atoms with Crippen LogP contribution in [0.5, 0.6) is 0 Å². The van der Waals surface area contributed by atoms with E-state index >= 15 is 0 Å². The van der Waals surface area contributed by atoms with Crippen molar-refractivity contribution < 1.29 is 0 Å². The minimum absolute atomic E-state index is 1.29. The topological polar surface area (TPSA) is 0 Å². The van der Waals surface area contributed by atoms with Crippen LogP contribution in [0, 0.1) is 0 Å². The minimum atomic E-state index is 1.29. The second kappa shape index (κ2) is 5.06. The van der Waals surface area contributed by atoms with Gasteiger partial charge in [-0.05, 0) is 60.7 Å². The molecule has 0 heterocycles. The van der Waals surface area contributed by atoms with Gasteiger partial charge in [0, 0.05) is 0 Å². The fraction of sp³-hybridized carbons (Fsp3) is 0. The van der Waals surface area contributed by atoms with E-state index < -0.39 is 0 Å². The first kappa shape index (κ1) is 13.9. The highest BCUT2D eigenvalue weighted by molar-refractivity contribution is 6.15. The predicted octanol–water partition coefficient (Wildman–Crippen LogP) is 5.94. The number of fused-ring (bicyclic) bond motifs is 4.